The van der Waals surface area contributed by atoms with Crippen molar-refractivity contribution < 1.29 is 9.84 Å². The van der Waals surface area contributed by atoms with Crippen molar-refractivity contribution in [2.75, 3.05) is 18.0 Å². The Bertz CT molecular complexity index is 472. The standard InChI is InChI=1S/C15H21N3O2/c19-15(7-12-3-4-13(8-15)20-12)11-9-16-14(17-10-11)18-5-1-2-6-18/h9-10,12-13,19H,1-8H2. The third kappa shape index (κ3) is 2.09. The van der Waals surface area contributed by atoms with Crippen LogP contribution < -0.4 is 4.90 Å². The van der Waals surface area contributed by atoms with E-state index in [-0.39, 0.29) is 12.2 Å². The number of aliphatic hydroxyl groups is 1. The van der Waals surface area contributed by atoms with E-state index >= 15 is 0 Å². The van der Waals surface area contributed by atoms with Gasteiger partial charge in [0.15, 0.2) is 0 Å². The van der Waals surface area contributed by atoms with Gasteiger partial charge in [-0.05, 0) is 25.7 Å². The van der Waals surface area contributed by atoms with Gasteiger partial charge >= 0.3 is 0 Å². The number of hydrogen-bond donors (Lipinski definition) is 1. The van der Waals surface area contributed by atoms with Crippen molar-refractivity contribution in [2.45, 2.75) is 56.3 Å². The van der Waals surface area contributed by atoms with Gasteiger partial charge < -0.3 is 14.7 Å². The van der Waals surface area contributed by atoms with Crippen LogP contribution in [0.15, 0.2) is 12.4 Å². The summed E-state index contributed by atoms with van der Waals surface area (Å²) >= 11 is 0. The molecule has 0 saturated carbocycles. The van der Waals surface area contributed by atoms with Crippen LogP contribution >= 0.6 is 0 Å². The van der Waals surface area contributed by atoms with Gasteiger partial charge in [0.2, 0.25) is 5.95 Å². The Morgan fingerprint density at radius 2 is 1.70 bits per heavy atom. The molecule has 1 aromatic rings. The molecule has 20 heavy (non-hydrogen) atoms. The van der Waals surface area contributed by atoms with Crippen LogP contribution in [0.3, 0.4) is 0 Å². The molecule has 3 aliphatic rings. The summed E-state index contributed by atoms with van der Waals surface area (Å²) in [4.78, 5) is 11.1. The van der Waals surface area contributed by atoms with Crippen LogP contribution in [0.5, 0.6) is 0 Å². The molecule has 4 rings (SSSR count). The minimum atomic E-state index is -0.798. The number of aromatic nitrogens is 2. The second-order valence-electron chi connectivity index (χ2n) is 6.36. The third-order valence-corrected chi connectivity index (χ3v) is 4.89. The number of fused-ring (bicyclic) bond motifs is 2. The fourth-order valence-corrected chi connectivity index (χ4v) is 3.79. The highest BCUT2D eigenvalue weighted by molar-refractivity contribution is 5.32. The Labute approximate surface area is 119 Å². The van der Waals surface area contributed by atoms with Crippen LogP contribution in [0.4, 0.5) is 5.95 Å². The van der Waals surface area contributed by atoms with E-state index in [1.807, 2.05) is 12.4 Å². The van der Waals surface area contributed by atoms with Crippen LogP contribution in [0, 0.1) is 0 Å². The molecule has 3 saturated heterocycles. The van der Waals surface area contributed by atoms with Gasteiger partial charge in [-0.1, -0.05) is 0 Å². The molecular formula is C15H21N3O2. The fraction of sp³-hybridized carbons (Fsp3) is 0.733. The number of hydrogen-bond acceptors (Lipinski definition) is 5. The maximum Gasteiger partial charge on any atom is 0.225 e. The molecule has 0 amide bonds. The minimum absolute atomic E-state index is 0.206. The van der Waals surface area contributed by atoms with Gasteiger partial charge in [0.25, 0.3) is 0 Å². The largest absolute Gasteiger partial charge is 0.385 e. The summed E-state index contributed by atoms with van der Waals surface area (Å²) in [5, 5.41) is 10.9. The summed E-state index contributed by atoms with van der Waals surface area (Å²) in [5.41, 5.74) is 0.0498. The summed E-state index contributed by atoms with van der Waals surface area (Å²) in [6.45, 7) is 2.09. The van der Waals surface area contributed by atoms with Crippen molar-refractivity contribution in [2.24, 2.45) is 0 Å². The van der Waals surface area contributed by atoms with Gasteiger partial charge in [-0.15, -0.1) is 0 Å². The summed E-state index contributed by atoms with van der Waals surface area (Å²) in [7, 11) is 0. The molecule has 1 aromatic heterocycles. The lowest BCUT2D eigenvalue weighted by Gasteiger charge is -2.36. The highest BCUT2D eigenvalue weighted by Crippen LogP contribution is 2.43. The van der Waals surface area contributed by atoms with Crippen molar-refractivity contribution in [3.8, 4) is 0 Å². The first-order valence-corrected chi connectivity index (χ1v) is 7.68. The molecule has 0 aromatic carbocycles. The summed E-state index contributed by atoms with van der Waals surface area (Å²) in [5.74, 6) is 0.796. The lowest BCUT2D eigenvalue weighted by Crippen LogP contribution is -2.39. The zero-order valence-electron chi connectivity index (χ0n) is 11.7. The fourth-order valence-electron chi connectivity index (χ4n) is 3.79. The number of anilines is 1. The lowest BCUT2D eigenvalue weighted by molar-refractivity contribution is -0.115. The van der Waals surface area contributed by atoms with E-state index < -0.39 is 5.60 Å². The van der Waals surface area contributed by atoms with Crippen LogP contribution in [0.1, 0.15) is 44.1 Å². The second kappa shape index (κ2) is 4.67. The van der Waals surface area contributed by atoms with E-state index in [1.165, 1.54) is 12.8 Å². The Hall–Kier alpha value is -1.20. The highest BCUT2D eigenvalue weighted by Gasteiger charge is 2.45. The molecule has 5 heteroatoms. The van der Waals surface area contributed by atoms with E-state index in [2.05, 4.69) is 14.9 Å². The summed E-state index contributed by atoms with van der Waals surface area (Å²) in [6, 6.07) is 0. The van der Waals surface area contributed by atoms with Crippen LogP contribution in [-0.4, -0.2) is 40.4 Å². The first kappa shape index (κ1) is 12.5. The van der Waals surface area contributed by atoms with Gasteiger partial charge in [-0.2, -0.15) is 0 Å². The molecule has 3 aliphatic heterocycles. The Kier molecular flexibility index (Phi) is 2.93. The monoisotopic (exact) mass is 275 g/mol. The number of rotatable bonds is 2. The molecule has 1 N–H and O–H groups in total. The molecule has 2 atom stereocenters. The molecule has 4 heterocycles. The Balaban J connectivity index is 1.55. The van der Waals surface area contributed by atoms with E-state index in [1.54, 1.807) is 0 Å². The minimum Gasteiger partial charge on any atom is -0.385 e. The SMILES string of the molecule is OC1(c2cnc(N3CCCC3)nc2)CC2CCC(C1)O2. The quantitative estimate of drug-likeness (QED) is 0.888. The number of ether oxygens (including phenoxy) is 1. The Morgan fingerprint density at radius 3 is 2.30 bits per heavy atom. The van der Waals surface area contributed by atoms with Crippen molar-refractivity contribution in [3.05, 3.63) is 18.0 Å². The molecule has 3 fully saturated rings. The maximum absolute atomic E-state index is 10.9. The zero-order chi connectivity index (χ0) is 13.6. The first-order valence-electron chi connectivity index (χ1n) is 7.68. The van der Waals surface area contributed by atoms with Gasteiger partial charge in [0, 0.05) is 43.9 Å². The van der Waals surface area contributed by atoms with Crippen LogP contribution in [-0.2, 0) is 10.3 Å². The van der Waals surface area contributed by atoms with Crippen LogP contribution in [0.2, 0.25) is 0 Å². The average molecular weight is 275 g/mol. The van der Waals surface area contributed by atoms with Crippen LogP contribution in [0.25, 0.3) is 0 Å². The van der Waals surface area contributed by atoms with Crippen molar-refractivity contribution in [1.82, 2.24) is 9.97 Å². The van der Waals surface area contributed by atoms with Gasteiger partial charge in [-0.25, -0.2) is 9.97 Å². The molecule has 2 unspecified atom stereocenters. The average Bonchev–Trinajstić information content (AvgIpc) is 3.09. The summed E-state index contributed by atoms with van der Waals surface area (Å²) < 4.78 is 5.81. The molecule has 5 nitrogen and oxygen atoms in total. The number of nitrogens with zero attached hydrogens (tertiary/aromatic N) is 3. The van der Waals surface area contributed by atoms with E-state index in [0.717, 1.165) is 37.4 Å². The highest BCUT2D eigenvalue weighted by atomic mass is 16.5. The molecule has 0 aliphatic carbocycles. The zero-order valence-corrected chi connectivity index (χ0v) is 11.7. The van der Waals surface area contributed by atoms with E-state index in [9.17, 15) is 5.11 Å². The smallest absolute Gasteiger partial charge is 0.225 e. The summed E-state index contributed by atoms with van der Waals surface area (Å²) in [6.07, 6.45) is 9.96. The molecule has 108 valence electrons. The third-order valence-electron chi connectivity index (χ3n) is 4.89. The molecule has 2 bridgehead atoms. The van der Waals surface area contributed by atoms with Crippen molar-refractivity contribution in [1.29, 1.82) is 0 Å². The first-order chi connectivity index (χ1) is 9.73. The topological polar surface area (TPSA) is 58.5 Å². The van der Waals surface area contributed by atoms with Crippen molar-refractivity contribution in [3.63, 3.8) is 0 Å². The maximum atomic E-state index is 10.9. The van der Waals surface area contributed by atoms with Crippen molar-refractivity contribution >= 4 is 5.95 Å². The second-order valence-corrected chi connectivity index (χ2v) is 6.36. The normalized spacial score (nSPS) is 36.5. The lowest BCUT2D eigenvalue weighted by atomic mass is 9.85. The predicted molar refractivity (Wildman–Crippen MR) is 74.5 cm³/mol. The molecule has 0 radical (unpaired) electrons. The Morgan fingerprint density at radius 1 is 1.10 bits per heavy atom. The van der Waals surface area contributed by atoms with E-state index in [4.69, 9.17) is 4.74 Å². The predicted octanol–water partition coefficient (Wildman–Crippen LogP) is 1.61. The van der Waals surface area contributed by atoms with Gasteiger partial charge in [0.05, 0.1) is 17.8 Å². The van der Waals surface area contributed by atoms with Gasteiger partial charge in [0.1, 0.15) is 0 Å². The molecular weight excluding hydrogens is 254 g/mol. The van der Waals surface area contributed by atoms with E-state index in [0.29, 0.717) is 12.8 Å². The van der Waals surface area contributed by atoms with Gasteiger partial charge in [-0.3, -0.25) is 0 Å². The molecule has 0 spiro atoms.